The summed E-state index contributed by atoms with van der Waals surface area (Å²) in [5, 5.41) is 0.929. The number of sulfonamides is 1. The Morgan fingerprint density at radius 2 is 2.15 bits per heavy atom. The van der Waals surface area contributed by atoms with E-state index in [4.69, 9.17) is 17.3 Å². The molecule has 0 bridgehead atoms. The molecule has 0 amide bonds. The molecular formula is C12H14ClN3O2S2. The summed E-state index contributed by atoms with van der Waals surface area (Å²) in [6.07, 6.45) is 1.71. The third-order valence-corrected chi connectivity index (χ3v) is 5.58. The zero-order valence-corrected chi connectivity index (χ0v) is 13.3. The van der Waals surface area contributed by atoms with Gasteiger partial charge in [0, 0.05) is 11.1 Å². The van der Waals surface area contributed by atoms with Gasteiger partial charge in [0.15, 0.2) is 0 Å². The number of nitrogen functional groups attached to an aromatic ring is 1. The molecule has 2 rings (SSSR count). The van der Waals surface area contributed by atoms with Crippen molar-refractivity contribution in [3.8, 4) is 0 Å². The molecule has 1 aromatic carbocycles. The average molecular weight is 332 g/mol. The first kappa shape index (κ1) is 15.2. The van der Waals surface area contributed by atoms with Crippen LogP contribution in [0.25, 0.3) is 0 Å². The molecule has 0 saturated carbocycles. The average Bonchev–Trinajstić information content (AvgIpc) is 2.79. The summed E-state index contributed by atoms with van der Waals surface area (Å²) in [7, 11) is -3.66. The van der Waals surface area contributed by atoms with Gasteiger partial charge in [0.2, 0.25) is 10.0 Å². The van der Waals surface area contributed by atoms with E-state index in [2.05, 4.69) is 9.71 Å². The van der Waals surface area contributed by atoms with Crippen LogP contribution in [0.5, 0.6) is 0 Å². The first-order chi connectivity index (χ1) is 9.29. The Labute approximate surface area is 126 Å². The Morgan fingerprint density at radius 3 is 2.70 bits per heavy atom. The molecule has 0 fully saturated rings. The number of aryl methyl sites for hydroxylation is 1. The number of anilines is 1. The van der Waals surface area contributed by atoms with Crippen molar-refractivity contribution in [2.45, 2.75) is 24.8 Å². The van der Waals surface area contributed by atoms with Crippen LogP contribution < -0.4 is 10.5 Å². The number of hydrogen-bond donors (Lipinski definition) is 2. The Balaban J connectivity index is 2.24. The molecule has 5 nitrogen and oxygen atoms in total. The molecule has 3 N–H and O–H groups in total. The van der Waals surface area contributed by atoms with Crippen molar-refractivity contribution in [2.75, 3.05) is 5.73 Å². The third kappa shape index (κ3) is 3.29. The molecule has 1 heterocycles. The van der Waals surface area contributed by atoms with Crippen LogP contribution in [-0.2, 0) is 10.0 Å². The highest BCUT2D eigenvalue weighted by Gasteiger charge is 2.20. The van der Waals surface area contributed by atoms with Crippen molar-refractivity contribution in [3.05, 3.63) is 39.3 Å². The Bertz CT molecular complexity index is 728. The van der Waals surface area contributed by atoms with E-state index in [-0.39, 0.29) is 9.92 Å². The molecular weight excluding hydrogens is 318 g/mol. The maximum atomic E-state index is 12.3. The zero-order chi connectivity index (χ0) is 14.9. The summed E-state index contributed by atoms with van der Waals surface area (Å²) < 4.78 is 27.1. The van der Waals surface area contributed by atoms with Gasteiger partial charge in [-0.2, -0.15) is 0 Å². The second kappa shape index (κ2) is 5.69. The van der Waals surface area contributed by atoms with Crippen molar-refractivity contribution in [3.63, 3.8) is 0 Å². The van der Waals surface area contributed by atoms with Crippen LogP contribution in [0.4, 0.5) is 5.69 Å². The molecule has 0 spiro atoms. The molecule has 1 aromatic heterocycles. The molecule has 0 saturated heterocycles. The molecule has 2 aromatic rings. The van der Waals surface area contributed by atoms with Crippen LogP contribution >= 0.6 is 22.9 Å². The lowest BCUT2D eigenvalue weighted by Gasteiger charge is -2.12. The number of hydrogen-bond acceptors (Lipinski definition) is 5. The zero-order valence-electron chi connectivity index (χ0n) is 10.9. The highest BCUT2D eigenvalue weighted by atomic mass is 35.5. The van der Waals surface area contributed by atoms with E-state index in [9.17, 15) is 8.42 Å². The molecule has 0 aliphatic heterocycles. The lowest BCUT2D eigenvalue weighted by molar-refractivity contribution is 0.566. The number of aromatic nitrogens is 1. The maximum Gasteiger partial charge on any atom is 0.241 e. The van der Waals surface area contributed by atoms with Gasteiger partial charge in [-0.1, -0.05) is 11.6 Å². The lowest BCUT2D eigenvalue weighted by Crippen LogP contribution is -2.26. The number of rotatable bonds is 4. The van der Waals surface area contributed by atoms with Crippen molar-refractivity contribution < 1.29 is 8.42 Å². The fraction of sp³-hybridized carbons (Fsp3) is 0.250. The van der Waals surface area contributed by atoms with E-state index < -0.39 is 16.1 Å². The quantitative estimate of drug-likeness (QED) is 0.843. The fourth-order valence-corrected chi connectivity index (χ4v) is 3.93. The standard InChI is InChI=1S/C12H14ClN3O2S2/c1-7-6-15-12(19-7)8(2)16-20(17,18)9-3-4-11(14)10(13)5-9/h3-6,8,16H,14H2,1-2H3. The summed E-state index contributed by atoms with van der Waals surface area (Å²) in [5.74, 6) is 0. The van der Waals surface area contributed by atoms with Gasteiger partial charge in [0.1, 0.15) is 5.01 Å². The van der Waals surface area contributed by atoms with Crippen LogP contribution in [0.2, 0.25) is 5.02 Å². The minimum Gasteiger partial charge on any atom is -0.398 e. The van der Waals surface area contributed by atoms with Crippen molar-refractivity contribution >= 4 is 38.6 Å². The van der Waals surface area contributed by atoms with Gasteiger partial charge in [-0.15, -0.1) is 11.3 Å². The molecule has 0 aliphatic carbocycles. The molecule has 0 aliphatic rings. The Hall–Kier alpha value is -1.15. The second-order valence-corrected chi connectivity index (χ2v) is 7.72. The molecule has 1 atom stereocenters. The fourth-order valence-electron chi connectivity index (χ4n) is 1.60. The molecule has 0 radical (unpaired) electrons. The first-order valence-corrected chi connectivity index (χ1v) is 8.47. The summed E-state index contributed by atoms with van der Waals surface area (Å²) >= 11 is 7.30. The largest absolute Gasteiger partial charge is 0.398 e. The van der Waals surface area contributed by atoms with Gasteiger partial charge in [-0.3, -0.25) is 0 Å². The van der Waals surface area contributed by atoms with E-state index in [1.807, 2.05) is 6.92 Å². The first-order valence-electron chi connectivity index (χ1n) is 5.79. The molecule has 8 heteroatoms. The minimum atomic E-state index is -3.66. The smallest absolute Gasteiger partial charge is 0.241 e. The Kier molecular flexibility index (Phi) is 4.33. The van der Waals surface area contributed by atoms with Crippen molar-refractivity contribution in [1.82, 2.24) is 9.71 Å². The normalized spacial score (nSPS) is 13.3. The number of nitrogens with one attached hydrogen (secondary N) is 1. The van der Waals surface area contributed by atoms with E-state index in [1.54, 1.807) is 13.1 Å². The van der Waals surface area contributed by atoms with Gasteiger partial charge in [-0.25, -0.2) is 18.1 Å². The number of nitrogens with zero attached hydrogens (tertiary/aromatic N) is 1. The van der Waals surface area contributed by atoms with E-state index in [0.717, 1.165) is 4.88 Å². The van der Waals surface area contributed by atoms with E-state index in [0.29, 0.717) is 10.7 Å². The van der Waals surface area contributed by atoms with Gasteiger partial charge < -0.3 is 5.73 Å². The predicted octanol–water partition coefficient (Wildman–Crippen LogP) is 2.73. The highest BCUT2D eigenvalue weighted by molar-refractivity contribution is 7.89. The summed E-state index contributed by atoms with van der Waals surface area (Å²) in [6.45, 7) is 3.66. The Morgan fingerprint density at radius 1 is 1.45 bits per heavy atom. The van der Waals surface area contributed by atoms with Crippen LogP contribution in [0, 0.1) is 6.92 Å². The number of halogens is 1. The summed E-state index contributed by atoms with van der Waals surface area (Å²) in [6, 6.07) is 3.81. The highest BCUT2D eigenvalue weighted by Crippen LogP contribution is 2.25. The van der Waals surface area contributed by atoms with Gasteiger partial charge >= 0.3 is 0 Å². The maximum absolute atomic E-state index is 12.3. The summed E-state index contributed by atoms with van der Waals surface area (Å²) in [4.78, 5) is 5.28. The topological polar surface area (TPSA) is 85.1 Å². The van der Waals surface area contributed by atoms with Crippen LogP contribution in [0.3, 0.4) is 0 Å². The van der Waals surface area contributed by atoms with Gasteiger partial charge in [0.25, 0.3) is 0 Å². The van der Waals surface area contributed by atoms with Crippen LogP contribution in [-0.4, -0.2) is 13.4 Å². The predicted molar refractivity (Wildman–Crippen MR) is 81.5 cm³/mol. The lowest BCUT2D eigenvalue weighted by atomic mass is 10.3. The number of benzene rings is 1. The van der Waals surface area contributed by atoms with Crippen LogP contribution in [0.1, 0.15) is 22.9 Å². The van der Waals surface area contributed by atoms with Gasteiger partial charge in [0.05, 0.1) is 21.6 Å². The SMILES string of the molecule is Cc1cnc(C(C)NS(=O)(=O)c2ccc(N)c(Cl)c2)s1. The summed E-state index contributed by atoms with van der Waals surface area (Å²) in [5.41, 5.74) is 5.91. The van der Waals surface area contributed by atoms with Crippen molar-refractivity contribution in [2.24, 2.45) is 0 Å². The minimum absolute atomic E-state index is 0.0804. The van der Waals surface area contributed by atoms with E-state index in [1.165, 1.54) is 29.5 Å². The van der Waals surface area contributed by atoms with Crippen LogP contribution in [0.15, 0.2) is 29.3 Å². The molecule has 108 valence electrons. The van der Waals surface area contributed by atoms with Crippen molar-refractivity contribution in [1.29, 1.82) is 0 Å². The molecule has 20 heavy (non-hydrogen) atoms. The second-order valence-electron chi connectivity index (χ2n) is 4.34. The monoisotopic (exact) mass is 331 g/mol. The number of thiazole rings is 1. The number of nitrogens with two attached hydrogens (primary N) is 1. The van der Waals surface area contributed by atoms with Gasteiger partial charge in [-0.05, 0) is 32.0 Å². The molecule has 1 unspecified atom stereocenters. The van der Waals surface area contributed by atoms with E-state index >= 15 is 0 Å². The third-order valence-electron chi connectivity index (χ3n) is 2.62.